The van der Waals surface area contributed by atoms with Crippen LogP contribution in [-0.2, 0) is 95.9 Å². The smallest absolute Gasteiger partial charge is 0.415 e. The number of halogens is 3. The first kappa shape index (κ1) is 84.0. The fourth-order valence-electron chi connectivity index (χ4n) is 16.1. The Hall–Kier alpha value is -11.4. The normalized spacial score (nSPS) is 23.7. The van der Waals surface area contributed by atoms with E-state index in [-0.39, 0.29) is 135 Å². The molecule has 5 aromatic carbocycles. The molecule has 11 heterocycles. The minimum absolute atomic E-state index is 0.0425. The molecule has 11 aliphatic rings. The lowest BCUT2D eigenvalue weighted by molar-refractivity contribution is -0.372. The fourth-order valence-corrected chi connectivity index (χ4v) is 16.1. The van der Waals surface area contributed by atoms with Gasteiger partial charge < -0.3 is 98.2 Å². The van der Waals surface area contributed by atoms with Gasteiger partial charge in [0.25, 0.3) is 0 Å². The van der Waals surface area contributed by atoms with Crippen molar-refractivity contribution in [2.24, 2.45) is 22.9 Å². The molecule has 0 radical (unpaired) electrons. The van der Waals surface area contributed by atoms with Crippen molar-refractivity contribution in [1.29, 1.82) is 0 Å². The third kappa shape index (κ3) is 18.0. The molecule has 35 nitrogen and oxygen atoms in total. The van der Waals surface area contributed by atoms with E-state index >= 15 is 4.39 Å². The standard InChI is InChI=1S/C18H23FN4O4.C17H23FN4O4.C15H17N3O4.C14H16FN3O3.C14H17N3O3/c1-10(24)21-8-16-15-6-12-13(23(15)18(25)27-16)2-3-14(17(12)19)22-4-5-26-11(7-20)9-22;1-11(23)20-10-16-15(9-19)22(17(24)26-16)12-2-3-14(13(18)8-12)21-4-6-25-7-5-21;1-8(19)17-7-14-12-5-10-4-9(13(20)6-16)2-3-11(10)18(12)15(21)22-14;1-7(19)17-6-12-11-4-9-10(18(11)14(20)21-12)3-2-8(5-16)13(9)15;1-8(18)16-7-13-12-5-10-4-9(6-15)2-3-11(10)17(12)14(19)20-13/h2-3,11,15-16H,4-9,20H2,1H3,(H,21,24);2-3,8,15-16H,4-7,9-10,19H2,1H3,(H,20,23);2-4,12,14H,5-7,16H2,1H3,(H,17,19);2-3,11-12H,4-6,16H2,1H3,(H,17,19);2-4,12-13H,5-7,15H2,1H3,(H,16,18)/p+1/t11-,15+,16+;15-,16-;12-,14-;11-,12-;12-,13-/m10000/s1. The molecule has 0 unspecified atom stereocenters. The number of morpholine rings is 2. The molecule has 0 aromatic heterocycles. The van der Waals surface area contributed by atoms with E-state index in [0.717, 1.165) is 34.5 Å². The molecule has 0 aliphatic carbocycles. The number of hydrogen-bond donors (Lipinski definition) is 10. The van der Waals surface area contributed by atoms with Gasteiger partial charge in [-0.3, -0.25) is 53.3 Å². The lowest BCUT2D eigenvalue weighted by Crippen LogP contribution is -2.62. The van der Waals surface area contributed by atoms with Crippen LogP contribution in [0.1, 0.15) is 78.4 Å². The number of anilines is 7. The molecule has 11 atom stereocenters. The van der Waals surface area contributed by atoms with Gasteiger partial charge in [0.2, 0.25) is 29.5 Å². The third-order valence-corrected chi connectivity index (χ3v) is 21.8. The van der Waals surface area contributed by atoms with Crippen LogP contribution in [0.3, 0.4) is 0 Å². The van der Waals surface area contributed by atoms with Gasteiger partial charge in [-0.2, -0.15) is 0 Å². The summed E-state index contributed by atoms with van der Waals surface area (Å²) in [4.78, 5) is 139. The molecule has 38 heteroatoms. The molecule has 0 bridgehead atoms. The number of hydrogen-bond acceptors (Lipinski definition) is 24. The highest BCUT2D eigenvalue weighted by atomic mass is 19.1. The molecule has 11 aliphatic heterocycles. The number of nitrogens with one attached hydrogen (secondary N) is 5. The maximum absolute atomic E-state index is 15.3. The molecular formula is C78H97F3N17O18+. The number of Topliss-reactive ketones (excluding diaryl/α,β-unsaturated/α-hetero) is 1. The fraction of sp³-hybridized carbons (Fsp3) is 0.474. The summed E-state index contributed by atoms with van der Waals surface area (Å²) < 4.78 is 81.8. The van der Waals surface area contributed by atoms with Gasteiger partial charge in [-0.05, 0) is 90.2 Å². The number of quaternary nitrogens is 1. The Bertz CT molecular complexity index is 4620. The second-order valence-electron chi connectivity index (χ2n) is 29.3. The van der Waals surface area contributed by atoms with Gasteiger partial charge in [0, 0.05) is 116 Å². The summed E-state index contributed by atoms with van der Waals surface area (Å²) in [7, 11) is 0. The topological polar surface area (TPSA) is 467 Å². The van der Waals surface area contributed by atoms with E-state index in [1.54, 1.807) is 64.4 Å². The van der Waals surface area contributed by atoms with Gasteiger partial charge >= 0.3 is 30.5 Å². The molecule has 7 saturated heterocycles. The maximum atomic E-state index is 15.3. The van der Waals surface area contributed by atoms with E-state index in [9.17, 15) is 61.5 Å². The van der Waals surface area contributed by atoms with Crippen LogP contribution in [0, 0.1) is 17.5 Å². The zero-order valence-corrected chi connectivity index (χ0v) is 64.8. The summed E-state index contributed by atoms with van der Waals surface area (Å²) >= 11 is 0. The molecule has 16 N–H and O–H groups in total. The van der Waals surface area contributed by atoms with Crippen molar-refractivity contribution in [3.8, 4) is 0 Å². The molecule has 5 aromatic rings. The van der Waals surface area contributed by atoms with E-state index in [2.05, 4.69) is 32.3 Å². The van der Waals surface area contributed by atoms with Crippen molar-refractivity contribution in [2.45, 2.75) is 140 Å². The number of amides is 10. The van der Waals surface area contributed by atoms with Gasteiger partial charge in [-0.15, -0.1) is 0 Å². The highest BCUT2D eigenvalue weighted by molar-refractivity contribution is 6.01. The Balaban J connectivity index is 0.000000134. The molecule has 16 rings (SSSR count). The number of rotatable bonds is 19. The largest absolute Gasteiger partial charge is 0.442 e. The number of ether oxygens (including phenoxy) is 7. The maximum Gasteiger partial charge on any atom is 0.415 e. The predicted octanol–water partition coefficient (Wildman–Crippen LogP) is 1.53. The van der Waals surface area contributed by atoms with Crippen molar-refractivity contribution in [3.05, 3.63) is 135 Å². The number of benzene rings is 5. The van der Waals surface area contributed by atoms with Gasteiger partial charge in [0.1, 0.15) is 48.2 Å². The highest BCUT2D eigenvalue weighted by Crippen LogP contribution is 2.45. The summed E-state index contributed by atoms with van der Waals surface area (Å²) in [6, 6.07) is 21.4. The minimum atomic E-state index is -0.562. The van der Waals surface area contributed by atoms with E-state index in [4.69, 9.17) is 56.1 Å². The van der Waals surface area contributed by atoms with Crippen molar-refractivity contribution >= 4 is 106 Å². The van der Waals surface area contributed by atoms with Crippen LogP contribution in [0.2, 0.25) is 0 Å². The van der Waals surface area contributed by atoms with Crippen molar-refractivity contribution in [2.75, 3.05) is 133 Å². The van der Waals surface area contributed by atoms with Crippen LogP contribution in [0.4, 0.5) is 77.0 Å². The second-order valence-corrected chi connectivity index (χ2v) is 29.3. The van der Waals surface area contributed by atoms with Crippen molar-refractivity contribution in [1.82, 2.24) is 26.6 Å². The average Bonchev–Trinajstić information content (AvgIpc) is 1.61. The lowest BCUT2D eigenvalue weighted by Gasteiger charge is -2.34. The summed E-state index contributed by atoms with van der Waals surface area (Å²) in [5.74, 6) is -2.09. The number of ketones is 1. The van der Waals surface area contributed by atoms with Gasteiger partial charge in [-0.25, -0.2) is 37.1 Å². The summed E-state index contributed by atoms with van der Waals surface area (Å²) in [5, 5.41) is 13.3. The van der Waals surface area contributed by atoms with Crippen LogP contribution in [0.25, 0.3) is 0 Å². The molecule has 0 spiro atoms. The number of cyclic esters (lactones) is 5. The Kier molecular flexibility index (Phi) is 26.5. The minimum Gasteiger partial charge on any atom is -0.442 e. The zero-order valence-electron chi connectivity index (χ0n) is 64.8. The van der Waals surface area contributed by atoms with Crippen LogP contribution in [0.15, 0.2) is 78.9 Å². The SMILES string of the molecule is CC(=O)NC[C@@H]1OC(=O)N(c2ccc(N3CCOCC3)c(F)c2)[C@H]1C[NH3+].CC(=O)NC[C@@H]1OC(=O)N2c3ccc(C(=O)CN)cc3C[C@@H]12.CC(=O)NC[C@@H]1OC(=O)N2c3ccc(CN)c(F)c3C[C@@H]12.CC(=O)NC[C@@H]1OC(=O)N2c3ccc(CN)cc3C[C@@H]12.CC(=O)NC[C@@H]1OC(=O)N2c3ccc(N4CCO[C@H](CN)C4)c(F)c3C[C@@H]12. The summed E-state index contributed by atoms with van der Waals surface area (Å²) in [5.41, 5.74) is 35.3. The lowest BCUT2D eigenvalue weighted by atomic mass is 10.0. The molecule has 7 fully saturated rings. The van der Waals surface area contributed by atoms with Crippen LogP contribution in [-0.4, -0.2) is 231 Å². The number of nitrogens with zero attached hydrogens (tertiary/aromatic N) is 7. The molecule has 0 saturated carbocycles. The molecule has 622 valence electrons. The van der Waals surface area contributed by atoms with Crippen LogP contribution < -0.4 is 89.6 Å². The Morgan fingerprint density at radius 3 is 1.35 bits per heavy atom. The first-order valence-electron chi connectivity index (χ1n) is 38.3. The van der Waals surface area contributed by atoms with Gasteiger partial charge in [0.15, 0.2) is 11.6 Å². The second kappa shape index (κ2) is 36.6. The first-order valence-corrected chi connectivity index (χ1v) is 38.3. The molecule has 10 amide bonds. The van der Waals surface area contributed by atoms with Crippen molar-refractivity contribution < 1.29 is 105 Å². The average molecular weight is 1620 g/mol. The van der Waals surface area contributed by atoms with E-state index in [1.165, 1.54) is 55.4 Å². The van der Waals surface area contributed by atoms with Crippen LogP contribution in [0.5, 0.6) is 0 Å². The Morgan fingerprint density at radius 2 is 0.879 bits per heavy atom. The zero-order chi connectivity index (χ0) is 83.1. The van der Waals surface area contributed by atoms with E-state index in [1.807, 2.05) is 28.0 Å². The Morgan fingerprint density at radius 1 is 0.457 bits per heavy atom. The third-order valence-electron chi connectivity index (χ3n) is 21.8. The number of carbonyl (C=O) groups is 11. The summed E-state index contributed by atoms with van der Waals surface area (Å²) in [6.07, 6.45) is -2.60. The number of carbonyl (C=O) groups excluding carboxylic acids is 11. The van der Waals surface area contributed by atoms with Gasteiger partial charge in [-0.1, -0.05) is 18.2 Å². The van der Waals surface area contributed by atoms with E-state index in [0.29, 0.717) is 142 Å². The highest BCUT2D eigenvalue weighted by Gasteiger charge is 2.53. The molecular weight excluding hydrogens is 1520 g/mol. The van der Waals surface area contributed by atoms with E-state index < -0.39 is 54.6 Å². The predicted molar refractivity (Wildman–Crippen MR) is 414 cm³/mol. The Labute approximate surface area is 665 Å². The molecule has 116 heavy (non-hydrogen) atoms. The van der Waals surface area contributed by atoms with Crippen molar-refractivity contribution in [3.63, 3.8) is 0 Å². The number of fused-ring (bicyclic) bond motifs is 12. The summed E-state index contributed by atoms with van der Waals surface area (Å²) in [6.45, 7) is 13.7. The first-order chi connectivity index (χ1) is 55.6. The quantitative estimate of drug-likeness (QED) is 0.0414. The van der Waals surface area contributed by atoms with Crippen LogP contribution >= 0.6 is 0 Å². The van der Waals surface area contributed by atoms with Gasteiger partial charge in [0.05, 0.1) is 136 Å². The monoisotopic (exact) mass is 1620 g/mol. The number of nitrogens with two attached hydrogens (primary N) is 4.